The van der Waals surface area contributed by atoms with Crippen molar-refractivity contribution < 1.29 is 4.79 Å². The monoisotopic (exact) mass is 453 g/mol. The smallest absolute Gasteiger partial charge is 0.263 e. The van der Waals surface area contributed by atoms with Crippen LogP contribution in [0.4, 0.5) is 5.69 Å². The predicted molar refractivity (Wildman–Crippen MR) is 131 cm³/mol. The second-order valence-electron chi connectivity index (χ2n) is 8.80. The summed E-state index contributed by atoms with van der Waals surface area (Å²) in [4.78, 5) is 37.6. The van der Waals surface area contributed by atoms with Crippen molar-refractivity contribution in [3.8, 4) is 0 Å². The zero-order chi connectivity index (χ0) is 23.0. The van der Waals surface area contributed by atoms with Crippen LogP contribution in [0.3, 0.4) is 0 Å². The summed E-state index contributed by atoms with van der Waals surface area (Å²) in [6, 6.07) is 6.62. The molecule has 3 heterocycles. The molecule has 1 aliphatic heterocycles. The molecule has 1 fully saturated rings. The third kappa shape index (κ3) is 4.29. The Morgan fingerprint density at radius 1 is 1.09 bits per heavy atom. The van der Waals surface area contributed by atoms with E-state index in [1.165, 1.54) is 33.1 Å². The van der Waals surface area contributed by atoms with Crippen LogP contribution in [-0.4, -0.2) is 72.1 Å². The SMILES string of the molecule is Cc1ccc(C)c(N2CCN(CCn3cnc4sc(C(=O)N(C)C)c(C)c4c3=O)CC2)c1. The van der Waals surface area contributed by atoms with Gasteiger partial charge < -0.3 is 9.80 Å². The lowest BCUT2D eigenvalue weighted by molar-refractivity contribution is 0.0831. The van der Waals surface area contributed by atoms with Gasteiger partial charge in [-0.2, -0.15) is 0 Å². The van der Waals surface area contributed by atoms with Crippen LogP contribution in [-0.2, 0) is 6.54 Å². The molecule has 0 radical (unpaired) electrons. The maximum absolute atomic E-state index is 13.1. The fourth-order valence-corrected chi connectivity index (χ4v) is 5.41. The van der Waals surface area contributed by atoms with Crippen molar-refractivity contribution in [2.45, 2.75) is 27.3 Å². The van der Waals surface area contributed by atoms with Crippen molar-refractivity contribution >= 4 is 33.1 Å². The number of fused-ring (bicyclic) bond motifs is 1. The van der Waals surface area contributed by atoms with Crippen LogP contribution in [0.2, 0.25) is 0 Å². The van der Waals surface area contributed by atoms with Gasteiger partial charge in [0.2, 0.25) is 0 Å². The fourth-order valence-electron chi connectivity index (χ4n) is 4.25. The van der Waals surface area contributed by atoms with E-state index in [0.29, 0.717) is 21.6 Å². The van der Waals surface area contributed by atoms with E-state index in [2.05, 4.69) is 46.8 Å². The normalized spacial score (nSPS) is 14.8. The van der Waals surface area contributed by atoms with E-state index in [1.54, 1.807) is 25.0 Å². The third-order valence-corrected chi connectivity index (χ3v) is 7.44. The van der Waals surface area contributed by atoms with Crippen molar-refractivity contribution in [1.82, 2.24) is 19.4 Å². The van der Waals surface area contributed by atoms with Gasteiger partial charge in [-0.3, -0.25) is 19.1 Å². The first kappa shape index (κ1) is 22.5. The highest BCUT2D eigenvalue weighted by Gasteiger charge is 2.22. The molecule has 0 aliphatic carbocycles. The Bertz CT molecular complexity index is 1210. The minimum atomic E-state index is -0.0850. The van der Waals surface area contributed by atoms with Gasteiger partial charge in [-0.1, -0.05) is 12.1 Å². The lowest BCUT2D eigenvalue weighted by Gasteiger charge is -2.37. The number of benzene rings is 1. The topological polar surface area (TPSA) is 61.7 Å². The number of amides is 1. The summed E-state index contributed by atoms with van der Waals surface area (Å²) in [7, 11) is 3.44. The molecular weight excluding hydrogens is 422 g/mol. The maximum atomic E-state index is 13.1. The lowest BCUT2D eigenvalue weighted by atomic mass is 10.1. The van der Waals surface area contributed by atoms with Gasteiger partial charge in [0.05, 0.1) is 16.6 Å². The minimum absolute atomic E-state index is 0.0597. The molecule has 170 valence electrons. The first-order valence-corrected chi connectivity index (χ1v) is 11.8. The summed E-state index contributed by atoms with van der Waals surface area (Å²) < 4.78 is 1.68. The number of anilines is 1. The molecule has 0 unspecified atom stereocenters. The van der Waals surface area contributed by atoms with Crippen molar-refractivity contribution in [2.75, 3.05) is 51.7 Å². The fraction of sp³-hybridized carbons (Fsp3) is 0.458. The van der Waals surface area contributed by atoms with Gasteiger partial charge in [-0.25, -0.2) is 4.98 Å². The summed E-state index contributed by atoms with van der Waals surface area (Å²) in [5.41, 5.74) is 4.60. The van der Waals surface area contributed by atoms with Gasteiger partial charge in [-0.15, -0.1) is 11.3 Å². The Balaban J connectivity index is 1.43. The van der Waals surface area contributed by atoms with Crippen LogP contribution >= 0.6 is 11.3 Å². The second kappa shape index (κ2) is 9.03. The minimum Gasteiger partial charge on any atom is -0.369 e. The van der Waals surface area contributed by atoms with Crippen LogP contribution in [0.15, 0.2) is 29.3 Å². The van der Waals surface area contributed by atoms with Crippen LogP contribution in [0.25, 0.3) is 10.2 Å². The average molecular weight is 454 g/mol. The number of piperazine rings is 1. The van der Waals surface area contributed by atoms with Crippen LogP contribution in [0.1, 0.15) is 26.4 Å². The van der Waals surface area contributed by atoms with E-state index in [1.807, 2.05) is 6.92 Å². The summed E-state index contributed by atoms with van der Waals surface area (Å²) in [6.45, 7) is 11.4. The number of hydrogen-bond acceptors (Lipinski definition) is 6. The number of thiophene rings is 1. The van der Waals surface area contributed by atoms with Gasteiger partial charge in [-0.05, 0) is 43.5 Å². The average Bonchev–Trinajstić information content (AvgIpc) is 3.11. The van der Waals surface area contributed by atoms with Crippen molar-refractivity contribution in [2.24, 2.45) is 0 Å². The molecule has 1 aromatic carbocycles. The summed E-state index contributed by atoms with van der Waals surface area (Å²) in [6.07, 6.45) is 1.62. The highest BCUT2D eigenvalue weighted by molar-refractivity contribution is 7.20. The predicted octanol–water partition coefficient (Wildman–Crippen LogP) is 2.91. The highest BCUT2D eigenvalue weighted by atomic mass is 32.1. The van der Waals surface area contributed by atoms with Gasteiger partial charge in [0.25, 0.3) is 11.5 Å². The summed E-state index contributed by atoms with van der Waals surface area (Å²) in [5.74, 6) is -0.0850. The van der Waals surface area contributed by atoms with Crippen LogP contribution < -0.4 is 10.5 Å². The zero-order valence-corrected chi connectivity index (χ0v) is 20.3. The molecule has 8 heteroatoms. The molecule has 1 amide bonds. The van der Waals surface area contributed by atoms with Gasteiger partial charge >= 0.3 is 0 Å². The molecule has 0 bridgehead atoms. The first-order valence-electron chi connectivity index (χ1n) is 11.0. The number of nitrogens with zero attached hydrogens (tertiary/aromatic N) is 5. The number of rotatable bonds is 5. The number of hydrogen-bond donors (Lipinski definition) is 0. The largest absolute Gasteiger partial charge is 0.369 e. The van der Waals surface area contributed by atoms with Crippen LogP contribution in [0.5, 0.6) is 0 Å². The maximum Gasteiger partial charge on any atom is 0.263 e. The van der Waals surface area contributed by atoms with Crippen molar-refractivity contribution in [3.63, 3.8) is 0 Å². The molecule has 32 heavy (non-hydrogen) atoms. The second-order valence-corrected chi connectivity index (χ2v) is 9.80. The number of carbonyl (C=O) groups excluding carboxylic acids is 1. The lowest BCUT2D eigenvalue weighted by Crippen LogP contribution is -2.47. The molecule has 0 atom stereocenters. The van der Waals surface area contributed by atoms with Crippen LogP contribution in [0, 0.1) is 20.8 Å². The van der Waals surface area contributed by atoms with Gasteiger partial charge in [0.15, 0.2) is 0 Å². The summed E-state index contributed by atoms with van der Waals surface area (Å²) >= 11 is 1.30. The van der Waals surface area contributed by atoms with E-state index in [0.717, 1.165) is 38.3 Å². The molecule has 4 rings (SSSR count). The third-order valence-electron chi connectivity index (χ3n) is 6.25. The van der Waals surface area contributed by atoms with Crippen molar-refractivity contribution in [3.05, 3.63) is 56.4 Å². The Morgan fingerprint density at radius 3 is 2.50 bits per heavy atom. The molecule has 1 saturated heterocycles. The molecule has 0 saturated carbocycles. The Hall–Kier alpha value is -2.71. The first-order chi connectivity index (χ1) is 15.3. The van der Waals surface area contributed by atoms with Gasteiger partial charge in [0.1, 0.15) is 4.83 Å². The van der Waals surface area contributed by atoms with E-state index >= 15 is 0 Å². The van der Waals surface area contributed by atoms with E-state index in [-0.39, 0.29) is 11.5 Å². The van der Waals surface area contributed by atoms with E-state index in [9.17, 15) is 9.59 Å². The van der Waals surface area contributed by atoms with Gasteiger partial charge in [0, 0.05) is 59.1 Å². The molecule has 0 spiro atoms. The molecule has 2 aromatic heterocycles. The molecular formula is C24H31N5O2S. The molecule has 0 N–H and O–H groups in total. The summed E-state index contributed by atoms with van der Waals surface area (Å²) in [5, 5.41) is 0.572. The Morgan fingerprint density at radius 2 is 1.81 bits per heavy atom. The molecule has 3 aromatic rings. The number of aromatic nitrogens is 2. The zero-order valence-electron chi connectivity index (χ0n) is 19.5. The molecule has 1 aliphatic rings. The highest BCUT2D eigenvalue weighted by Crippen LogP contribution is 2.27. The van der Waals surface area contributed by atoms with E-state index in [4.69, 9.17) is 0 Å². The Labute approximate surface area is 192 Å². The number of aryl methyl sites for hydroxylation is 3. The number of carbonyl (C=O) groups is 1. The standard InChI is InChI=1S/C24H31N5O2S/c1-16-6-7-17(2)19(14-16)28-11-8-27(9-12-28)10-13-29-15-25-22-20(23(29)30)18(3)21(32-22)24(31)26(4)5/h6-7,14-15H,8-13H2,1-5H3. The van der Waals surface area contributed by atoms with E-state index < -0.39 is 0 Å². The quantitative estimate of drug-likeness (QED) is 0.595. The van der Waals surface area contributed by atoms with Crippen molar-refractivity contribution in [1.29, 1.82) is 0 Å². The molecule has 7 nitrogen and oxygen atoms in total. The Kier molecular flexibility index (Phi) is 6.35.